The lowest BCUT2D eigenvalue weighted by Gasteiger charge is -1.99. The standard InChI is InChI=1S/C11H15N5OS/c1-7-5-8(2)16-11(13-7)14-9(15-16)6-10(17)12-3-4-18/h5,18H,3-4,6H2,1-2H3,(H,12,17). The first-order chi connectivity index (χ1) is 8.60. The van der Waals surface area contributed by atoms with Gasteiger partial charge in [-0.25, -0.2) is 9.50 Å². The number of thiol groups is 1. The average Bonchev–Trinajstić information content (AvgIpc) is 2.69. The second-order valence-corrected chi connectivity index (χ2v) is 4.48. The van der Waals surface area contributed by atoms with Crippen molar-refractivity contribution in [3.05, 3.63) is 23.3 Å². The predicted octanol–water partition coefficient (Wildman–Crippen LogP) is 0.330. The first-order valence-corrected chi connectivity index (χ1v) is 6.31. The van der Waals surface area contributed by atoms with Gasteiger partial charge >= 0.3 is 0 Å². The van der Waals surface area contributed by atoms with Crippen LogP contribution >= 0.6 is 12.6 Å². The van der Waals surface area contributed by atoms with Crippen LogP contribution in [0.25, 0.3) is 5.78 Å². The highest BCUT2D eigenvalue weighted by Gasteiger charge is 2.11. The highest BCUT2D eigenvalue weighted by atomic mass is 32.1. The van der Waals surface area contributed by atoms with Crippen molar-refractivity contribution in [3.8, 4) is 0 Å². The van der Waals surface area contributed by atoms with Crippen molar-refractivity contribution in [2.45, 2.75) is 20.3 Å². The lowest BCUT2D eigenvalue weighted by atomic mass is 10.4. The molecule has 2 rings (SSSR count). The Labute approximate surface area is 110 Å². The topological polar surface area (TPSA) is 72.2 Å². The normalized spacial score (nSPS) is 10.8. The van der Waals surface area contributed by atoms with E-state index in [0.717, 1.165) is 11.4 Å². The maximum Gasteiger partial charge on any atom is 0.252 e. The third kappa shape index (κ3) is 2.79. The minimum atomic E-state index is -0.102. The van der Waals surface area contributed by atoms with Gasteiger partial charge in [-0.1, -0.05) is 0 Å². The summed E-state index contributed by atoms with van der Waals surface area (Å²) in [7, 11) is 0. The van der Waals surface area contributed by atoms with Gasteiger partial charge in [0.15, 0.2) is 5.82 Å². The number of hydrogen-bond donors (Lipinski definition) is 2. The Kier molecular flexibility index (Phi) is 3.81. The molecule has 0 bridgehead atoms. The van der Waals surface area contributed by atoms with Gasteiger partial charge in [0.05, 0.1) is 6.42 Å². The number of aryl methyl sites for hydroxylation is 2. The molecule has 1 N–H and O–H groups in total. The van der Waals surface area contributed by atoms with Gasteiger partial charge in [-0.05, 0) is 19.9 Å². The molecule has 0 saturated carbocycles. The molecule has 1 amide bonds. The zero-order valence-electron chi connectivity index (χ0n) is 10.3. The molecular formula is C11H15N5OS. The zero-order valence-corrected chi connectivity index (χ0v) is 11.2. The van der Waals surface area contributed by atoms with Gasteiger partial charge in [0.25, 0.3) is 5.78 Å². The summed E-state index contributed by atoms with van der Waals surface area (Å²) in [4.78, 5) is 20.1. The molecule has 0 atom stereocenters. The Morgan fingerprint density at radius 2 is 2.22 bits per heavy atom. The summed E-state index contributed by atoms with van der Waals surface area (Å²) in [6.45, 7) is 4.38. The highest BCUT2D eigenvalue weighted by molar-refractivity contribution is 7.80. The Bertz CT molecular complexity index is 580. The lowest BCUT2D eigenvalue weighted by Crippen LogP contribution is -2.27. The van der Waals surface area contributed by atoms with Crippen LogP contribution in [0.1, 0.15) is 17.2 Å². The van der Waals surface area contributed by atoms with Gasteiger partial charge < -0.3 is 5.32 Å². The molecule has 6 nitrogen and oxygen atoms in total. The molecule has 18 heavy (non-hydrogen) atoms. The highest BCUT2D eigenvalue weighted by Crippen LogP contribution is 2.05. The van der Waals surface area contributed by atoms with E-state index >= 15 is 0 Å². The van der Waals surface area contributed by atoms with E-state index in [1.165, 1.54) is 0 Å². The third-order valence-corrected chi connectivity index (χ3v) is 2.64. The summed E-state index contributed by atoms with van der Waals surface area (Å²) in [6.07, 6.45) is 0.162. The van der Waals surface area contributed by atoms with Gasteiger partial charge in [-0.3, -0.25) is 4.79 Å². The van der Waals surface area contributed by atoms with Crippen LogP contribution in [-0.2, 0) is 11.2 Å². The fourth-order valence-corrected chi connectivity index (χ4v) is 1.80. The monoisotopic (exact) mass is 265 g/mol. The van der Waals surface area contributed by atoms with Crippen LogP contribution in [0.3, 0.4) is 0 Å². The largest absolute Gasteiger partial charge is 0.355 e. The maximum atomic E-state index is 11.5. The Morgan fingerprint density at radius 3 is 2.94 bits per heavy atom. The fourth-order valence-electron chi connectivity index (χ4n) is 1.68. The number of hydrogen-bond acceptors (Lipinski definition) is 5. The van der Waals surface area contributed by atoms with Crippen molar-refractivity contribution >= 4 is 24.3 Å². The smallest absolute Gasteiger partial charge is 0.252 e. The Balaban J connectivity index is 2.20. The molecule has 0 unspecified atom stereocenters. The second-order valence-electron chi connectivity index (χ2n) is 4.03. The molecule has 2 heterocycles. The second kappa shape index (κ2) is 5.34. The number of rotatable bonds is 4. The van der Waals surface area contributed by atoms with Gasteiger partial charge in [0.2, 0.25) is 5.91 Å². The van der Waals surface area contributed by atoms with Gasteiger partial charge in [0, 0.05) is 23.7 Å². The molecule has 96 valence electrons. The average molecular weight is 265 g/mol. The van der Waals surface area contributed by atoms with Crippen LogP contribution in [-0.4, -0.2) is 37.8 Å². The molecule has 7 heteroatoms. The first-order valence-electron chi connectivity index (χ1n) is 5.67. The number of aromatic nitrogens is 4. The summed E-state index contributed by atoms with van der Waals surface area (Å²) in [5.74, 6) is 1.52. The SMILES string of the molecule is Cc1cc(C)n2nc(CC(=O)NCCS)nc2n1. The van der Waals surface area contributed by atoms with Gasteiger partial charge in [0.1, 0.15) is 0 Å². The molecule has 0 aliphatic heterocycles. The number of amides is 1. The van der Waals surface area contributed by atoms with Crippen molar-refractivity contribution < 1.29 is 4.79 Å². The third-order valence-electron chi connectivity index (χ3n) is 2.41. The molecule has 2 aromatic heterocycles. The van der Waals surface area contributed by atoms with Crippen LogP contribution in [0.15, 0.2) is 6.07 Å². The summed E-state index contributed by atoms with van der Waals surface area (Å²) < 4.78 is 1.65. The Morgan fingerprint density at radius 1 is 1.44 bits per heavy atom. The minimum absolute atomic E-state index is 0.102. The van der Waals surface area contributed by atoms with E-state index in [1.807, 2.05) is 19.9 Å². The van der Waals surface area contributed by atoms with Crippen molar-refractivity contribution in [1.82, 2.24) is 24.9 Å². The number of nitrogens with zero attached hydrogens (tertiary/aromatic N) is 4. The van der Waals surface area contributed by atoms with Crippen LogP contribution < -0.4 is 5.32 Å². The van der Waals surface area contributed by atoms with E-state index in [9.17, 15) is 4.79 Å². The molecule has 2 aromatic rings. The number of fused-ring (bicyclic) bond motifs is 1. The van der Waals surface area contributed by atoms with Crippen molar-refractivity contribution in [1.29, 1.82) is 0 Å². The number of nitrogens with one attached hydrogen (secondary N) is 1. The predicted molar refractivity (Wildman–Crippen MR) is 70.8 cm³/mol. The zero-order chi connectivity index (χ0) is 13.1. The molecular weight excluding hydrogens is 250 g/mol. The van der Waals surface area contributed by atoms with E-state index < -0.39 is 0 Å². The van der Waals surface area contributed by atoms with Crippen LogP contribution in [0.5, 0.6) is 0 Å². The van der Waals surface area contributed by atoms with Gasteiger partial charge in [-0.15, -0.1) is 5.10 Å². The van der Waals surface area contributed by atoms with E-state index in [1.54, 1.807) is 4.52 Å². The maximum absolute atomic E-state index is 11.5. The van der Waals surface area contributed by atoms with E-state index in [2.05, 4.69) is 33.0 Å². The van der Waals surface area contributed by atoms with Crippen molar-refractivity contribution in [2.75, 3.05) is 12.3 Å². The first kappa shape index (κ1) is 12.8. The number of carbonyl (C=O) groups is 1. The summed E-state index contributed by atoms with van der Waals surface area (Å²) in [5.41, 5.74) is 1.84. The van der Waals surface area contributed by atoms with Crippen molar-refractivity contribution in [2.24, 2.45) is 0 Å². The summed E-state index contributed by atoms with van der Waals surface area (Å²) >= 11 is 4.03. The fraction of sp³-hybridized carbons (Fsp3) is 0.455. The van der Waals surface area contributed by atoms with E-state index in [-0.39, 0.29) is 12.3 Å². The summed E-state index contributed by atoms with van der Waals surface area (Å²) in [6, 6.07) is 1.92. The molecule has 0 radical (unpaired) electrons. The molecule has 0 aliphatic rings. The molecule has 0 fully saturated rings. The minimum Gasteiger partial charge on any atom is -0.355 e. The molecule has 0 saturated heterocycles. The van der Waals surface area contributed by atoms with Crippen LogP contribution in [0, 0.1) is 13.8 Å². The quantitative estimate of drug-likeness (QED) is 0.781. The van der Waals surface area contributed by atoms with Crippen LogP contribution in [0.2, 0.25) is 0 Å². The number of carbonyl (C=O) groups excluding carboxylic acids is 1. The van der Waals surface area contributed by atoms with Crippen molar-refractivity contribution in [3.63, 3.8) is 0 Å². The summed E-state index contributed by atoms with van der Waals surface area (Å²) in [5, 5.41) is 6.99. The molecule has 0 spiro atoms. The van der Waals surface area contributed by atoms with Crippen LogP contribution in [0.4, 0.5) is 0 Å². The van der Waals surface area contributed by atoms with E-state index in [0.29, 0.717) is 23.9 Å². The van der Waals surface area contributed by atoms with Gasteiger partial charge in [-0.2, -0.15) is 17.6 Å². The van der Waals surface area contributed by atoms with E-state index in [4.69, 9.17) is 0 Å². The lowest BCUT2D eigenvalue weighted by molar-refractivity contribution is -0.120. The Hall–Kier alpha value is -1.63. The molecule has 0 aromatic carbocycles. The molecule has 0 aliphatic carbocycles.